The standard InChI is InChI=1S/C18H15Cl2NO2/c1-9-7-12-11(3)17(23-15(12)8-10(9)2)18(22)21-14-6-4-5-13(19)16(14)20/h4-8H,1-3H3,(H,21,22). The first kappa shape index (κ1) is 15.9. The van der Waals surface area contributed by atoms with E-state index in [1.165, 1.54) is 0 Å². The molecule has 1 N–H and O–H groups in total. The largest absolute Gasteiger partial charge is 0.451 e. The molecule has 0 saturated carbocycles. The fraction of sp³-hybridized carbons (Fsp3) is 0.167. The summed E-state index contributed by atoms with van der Waals surface area (Å²) in [6.07, 6.45) is 0. The Morgan fingerprint density at radius 1 is 1.09 bits per heavy atom. The molecule has 0 aliphatic heterocycles. The minimum absolute atomic E-state index is 0.279. The van der Waals surface area contributed by atoms with Gasteiger partial charge in [-0.2, -0.15) is 0 Å². The first-order valence-electron chi connectivity index (χ1n) is 7.14. The van der Waals surface area contributed by atoms with Crippen LogP contribution >= 0.6 is 23.2 Å². The number of furan rings is 1. The van der Waals surface area contributed by atoms with Crippen LogP contribution in [0.25, 0.3) is 11.0 Å². The second kappa shape index (κ2) is 5.91. The summed E-state index contributed by atoms with van der Waals surface area (Å²) in [6, 6.07) is 9.06. The van der Waals surface area contributed by atoms with Crippen LogP contribution in [0.15, 0.2) is 34.7 Å². The number of hydrogen-bond acceptors (Lipinski definition) is 2. The third-order valence-electron chi connectivity index (χ3n) is 3.96. The summed E-state index contributed by atoms with van der Waals surface area (Å²) in [5.41, 5.74) is 4.24. The van der Waals surface area contributed by atoms with Crippen molar-refractivity contribution < 1.29 is 9.21 Å². The summed E-state index contributed by atoms with van der Waals surface area (Å²) in [5, 5.41) is 4.38. The Bertz CT molecular complexity index is 928. The molecule has 0 radical (unpaired) electrons. The fourth-order valence-electron chi connectivity index (χ4n) is 2.47. The number of benzene rings is 2. The second-order valence-electron chi connectivity index (χ2n) is 5.54. The summed E-state index contributed by atoms with van der Waals surface area (Å²) in [7, 11) is 0. The van der Waals surface area contributed by atoms with Crippen LogP contribution in [0.1, 0.15) is 27.2 Å². The normalized spacial score (nSPS) is 11.0. The molecule has 0 aliphatic carbocycles. The average molecular weight is 348 g/mol. The molecule has 0 unspecified atom stereocenters. The minimum atomic E-state index is -0.349. The van der Waals surface area contributed by atoms with Crippen LogP contribution < -0.4 is 5.32 Å². The van der Waals surface area contributed by atoms with Crippen molar-refractivity contribution in [3.8, 4) is 0 Å². The lowest BCUT2D eigenvalue weighted by Crippen LogP contribution is -2.12. The molecule has 5 heteroatoms. The van der Waals surface area contributed by atoms with Crippen LogP contribution in [0.3, 0.4) is 0 Å². The van der Waals surface area contributed by atoms with Gasteiger partial charge in [-0.3, -0.25) is 4.79 Å². The molecule has 23 heavy (non-hydrogen) atoms. The lowest BCUT2D eigenvalue weighted by atomic mass is 10.1. The smallest absolute Gasteiger partial charge is 0.291 e. The first-order chi connectivity index (χ1) is 10.9. The number of aryl methyl sites for hydroxylation is 3. The Kier molecular flexibility index (Phi) is 4.09. The SMILES string of the molecule is Cc1cc2oc(C(=O)Nc3cccc(Cl)c3Cl)c(C)c2cc1C. The highest BCUT2D eigenvalue weighted by Gasteiger charge is 2.19. The van der Waals surface area contributed by atoms with Crippen molar-refractivity contribution in [3.63, 3.8) is 0 Å². The minimum Gasteiger partial charge on any atom is -0.451 e. The van der Waals surface area contributed by atoms with Gasteiger partial charge in [-0.25, -0.2) is 0 Å². The van der Waals surface area contributed by atoms with Gasteiger partial charge in [-0.05, 0) is 56.2 Å². The highest BCUT2D eigenvalue weighted by molar-refractivity contribution is 6.44. The van der Waals surface area contributed by atoms with E-state index in [4.69, 9.17) is 27.6 Å². The molecule has 3 nitrogen and oxygen atoms in total. The topological polar surface area (TPSA) is 42.2 Å². The van der Waals surface area contributed by atoms with Gasteiger partial charge in [0.15, 0.2) is 5.76 Å². The van der Waals surface area contributed by atoms with Gasteiger partial charge >= 0.3 is 0 Å². The van der Waals surface area contributed by atoms with E-state index >= 15 is 0 Å². The van der Waals surface area contributed by atoms with Gasteiger partial charge in [0.1, 0.15) is 5.58 Å². The van der Waals surface area contributed by atoms with E-state index in [-0.39, 0.29) is 11.7 Å². The predicted molar refractivity (Wildman–Crippen MR) is 94.8 cm³/mol. The third kappa shape index (κ3) is 2.82. The van der Waals surface area contributed by atoms with Crippen molar-refractivity contribution in [1.29, 1.82) is 0 Å². The molecule has 1 aromatic heterocycles. The molecule has 0 fully saturated rings. The van der Waals surface area contributed by atoms with Crippen molar-refractivity contribution >= 4 is 45.8 Å². The van der Waals surface area contributed by atoms with Gasteiger partial charge in [0.2, 0.25) is 0 Å². The van der Waals surface area contributed by atoms with Crippen LogP contribution in [0.5, 0.6) is 0 Å². The Hall–Kier alpha value is -1.97. The van der Waals surface area contributed by atoms with E-state index in [0.29, 0.717) is 21.3 Å². The van der Waals surface area contributed by atoms with E-state index in [9.17, 15) is 4.79 Å². The molecule has 0 bridgehead atoms. The summed E-state index contributed by atoms with van der Waals surface area (Å²) >= 11 is 12.1. The first-order valence-corrected chi connectivity index (χ1v) is 7.89. The summed E-state index contributed by atoms with van der Waals surface area (Å²) in [6.45, 7) is 5.92. The van der Waals surface area contributed by atoms with Gasteiger partial charge in [-0.15, -0.1) is 0 Å². The molecule has 0 saturated heterocycles. The maximum absolute atomic E-state index is 12.5. The lowest BCUT2D eigenvalue weighted by molar-refractivity contribution is 0.0998. The molecule has 1 heterocycles. The van der Waals surface area contributed by atoms with E-state index in [2.05, 4.69) is 5.32 Å². The number of carbonyl (C=O) groups excluding carboxylic acids is 1. The Morgan fingerprint density at radius 2 is 1.78 bits per heavy atom. The van der Waals surface area contributed by atoms with Crippen LogP contribution in [-0.2, 0) is 0 Å². The summed E-state index contributed by atoms with van der Waals surface area (Å²) < 4.78 is 5.75. The number of rotatable bonds is 2. The quantitative estimate of drug-likeness (QED) is 0.625. The molecule has 118 valence electrons. The van der Waals surface area contributed by atoms with Gasteiger partial charge < -0.3 is 9.73 Å². The molecule has 3 aromatic rings. The molecule has 0 spiro atoms. The predicted octanol–water partition coefficient (Wildman–Crippen LogP) is 5.92. The average Bonchev–Trinajstić information content (AvgIpc) is 2.81. The van der Waals surface area contributed by atoms with E-state index in [1.54, 1.807) is 18.2 Å². The van der Waals surface area contributed by atoms with Crippen molar-refractivity contribution in [2.75, 3.05) is 5.32 Å². The highest BCUT2D eigenvalue weighted by atomic mass is 35.5. The number of anilines is 1. The van der Waals surface area contributed by atoms with Crippen LogP contribution in [0.4, 0.5) is 5.69 Å². The fourth-order valence-corrected chi connectivity index (χ4v) is 2.82. The molecular weight excluding hydrogens is 333 g/mol. The number of amides is 1. The van der Waals surface area contributed by atoms with Crippen LogP contribution in [0.2, 0.25) is 10.0 Å². The molecule has 2 aromatic carbocycles. The summed E-state index contributed by atoms with van der Waals surface area (Å²) in [5.74, 6) is -0.0702. The summed E-state index contributed by atoms with van der Waals surface area (Å²) in [4.78, 5) is 12.5. The van der Waals surface area contributed by atoms with E-state index in [1.807, 2.05) is 32.9 Å². The Balaban J connectivity index is 2.01. The highest BCUT2D eigenvalue weighted by Crippen LogP contribution is 2.32. The van der Waals surface area contributed by atoms with Crippen molar-refractivity contribution in [2.24, 2.45) is 0 Å². The number of halogens is 2. The van der Waals surface area contributed by atoms with Crippen LogP contribution in [0, 0.1) is 20.8 Å². The number of nitrogens with one attached hydrogen (secondary N) is 1. The van der Waals surface area contributed by atoms with E-state index < -0.39 is 0 Å². The number of carbonyl (C=O) groups is 1. The van der Waals surface area contributed by atoms with Gasteiger partial charge in [-0.1, -0.05) is 29.3 Å². The van der Waals surface area contributed by atoms with E-state index in [0.717, 1.165) is 22.1 Å². The van der Waals surface area contributed by atoms with Gasteiger partial charge in [0.25, 0.3) is 5.91 Å². The molecular formula is C18H15Cl2NO2. The molecule has 0 aliphatic rings. The van der Waals surface area contributed by atoms with Crippen LogP contribution in [-0.4, -0.2) is 5.91 Å². The second-order valence-corrected chi connectivity index (χ2v) is 6.33. The van der Waals surface area contributed by atoms with Crippen molar-refractivity contribution in [3.05, 3.63) is 62.8 Å². The monoisotopic (exact) mass is 347 g/mol. The molecule has 1 amide bonds. The Morgan fingerprint density at radius 3 is 2.52 bits per heavy atom. The number of fused-ring (bicyclic) bond motifs is 1. The van der Waals surface area contributed by atoms with Crippen molar-refractivity contribution in [2.45, 2.75) is 20.8 Å². The van der Waals surface area contributed by atoms with Gasteiger partial charge in [0.05, 0.1) is 15.7 Å². The zero-order valence-electron chi connectivity index (χ0n) is 13.0. The molecule has 3 rings (SSSR count). The Labute approximate surface area is 144 Å². The van der Waals surface area contributed by atoms with Crippen molar-refractivity contribution in [1.82, 2.24) is 0 Å². The zero-order valence-corrected chi connectivity index (χ0v) is 14.5. The maximum atomic E-state index is 12.5. The third-order valence-corrected chi connectivity index (χ3v) is 4.78. The number of hydrogen-bond donors (Lipinski definition) is 1. The zero-order chi connectivity index (χ0) is 16.7. The maximum Gasteiger partial charge on any atom is 0.291 e. The molecule has 0 atom stereocenters. The lowest BCUT2D eigenvalue weighted by Gasteiger charge is -2.07. The van der Waals surface area contributed by atoms with Gasteiger partial charge in [0, 0.05) is 10.9 Å².